The van der Waals surface area contributed by atoms with Crippen molar-refractivity contribution >= 4 is 17.3 Å². The minimum absolute atomic E-state index is 0.568. The third-order valence-electron chi connectivity index (χ3n) is 3.06. The average molecular weight is 287 g/mol. The first-order valence-electron chi connectivity index (χ1n) is 6.21. The Morgan fingerprint density at radius 2 is 2.05 bits per heavy atom. The minimum Gasteiger partial charge on any atom is -0.496 e. The Kier molecular flexibility index (Phi) is 4.49. The summed E-state index contributed by atoms with van der Waals surface area (Å²) in [6.45, 7) is 2.53. The normalized spacial score (nSPS) is 9.90. The molecule has 2 aromatic rings. The standard InChI is InChI=1S/C16H15ClN2O/c1-11-3-5-14(8-15(11)17)19-10-13-7-12(9-18)4-6-16(13)20-2/h3-8,19H,10H2,1-2H3. The monoisotopic (exact) mass is 286 g/mol. The molecule has 0 aliphatic rings. The molecule has 0 aromatic heterocycles. The Bertz CT molecular complexity index is 662. The zero-order valence-electron chi connectivity index (χ0n) is 11.4. The van der Waals surface area contributed by atoms with E-state index < -0.39 is 0 Å². The molecule has 0 bridgehead atoms. The van der Waals surface area contributed by atoms with Crippen LogP contribution < -0.4 is 10.1 Å². The van der Waals surface area contributed by atoms with Crippen molar-refractivity contribution in [2.75, 3.05) is 12.4 Å². The fourth-order valence-corrected chi connectivity index (χ4v) is 2.07. The number of ether oxygens (including phenoxy) is 1. The van der Waals surface area contributed by atoms with Crippen LogP contribution in [-0.2, 0) is 6.54 Å². The van der Waals surface area contributed by atoms with E-state index >= 15 is 0 Å². The predicted molar refractivity (Wildman–Crippen MR) is 81.2 cm³/mol. The highest BCUT2D eigenvalue weighted by molar-refractivity contribution is 6.31. The van der Waals surface area contributed by atoms with E-state index in [-0.39, 0.29) is 0 Å². The van der Waals surface area contributed by atoms with E-state index in [0.29, 0.717) is 12.1 Å². The van der Waals surface area contributed by atoms with E-state index in [2.05, 4.69) is 11.4 Å². The maximum absolute atomic E-state index is 8.95. The number of nitrogens with zero attached hydrogens (tertiary/aromatic N) is 1. The molecule has 0 unspecified atom stereocenters. The summed E-state index contributed by atoms with van der Waals surface area (Å²) >= 11 is 6.09. The van der Waals surface area contributed by atoms with Crippen LogP contribution in [0.25, 0.3) is 0 Å². The van der Waals surface area contributed by atoms with Gasteiger partial charge in [-0.2, -0.15) is 5.26 Å². The van der Waals surface area contributed by atoms with E-state index in [1.807, 2.05) is 31.2 Å². The van der Waals surface area contributed by atoms with Gasteiger partial charge in [-0.1, -0.05) is 17.7 Å². The molecule has 20 heavy (non-hydrogen) atoms. The molecule has 0 aliphatic carbocycles. The molecule has 4 heteroatoms. The lowest BCUT2D eigenvalue weighted by molar-refractivity contribution is 0.410. The Balaban J connectivity index is 2.17. The third kappa shape index (κ3) is 3.23. The number of halogens is 1. The fraction of sp³-hybridized carbons (Fsp3) is 0.188. The van der Waals surface area contributed by atoms with Gasteiger partial charge < -0.3 is 10.1 Å². The van der Waals surface area contributed by atoms with Crippen LogP contribution in [0.5, 0.6) is 5.75 Å². The highest BCUT2D eigenvalue weighted by Crippen LogP contribution is 2.23. The van der Waals surface area contributed by atoms with E-state index in [4.69, 9.17) is 21.6 Å². The number of benzene rings is 2. The summed E-state index contributed by atoms with van der Waals surface area (Å²) < 4.78 is 5.30. The van der Waals surface area contributed by atoms with Crippen molar-refractivity contribution in [1.29, 1.82) is 5.26 Å². The molecule has 0 saturated heterocycles. The van der Waals surface area contributed by atoms with Crippen molar-refractivity contribution in [2.24, 2.45) is 0 Å². The topological polar surface area (TPSA) is 45.0 Å². The number of hydrogen-bond donors (Lipinski definition) is 1. The Morgan fingerprint density at radius 3 is 2.70 bits per heavy atom. The van der Waals surface area contributed by atoms with Crippen LogP contribution in [0.1, 0.15) is 16.7 Å². The van der Waals surface area contributed by atoms with Gasteiger partial charge in [-0.3, -0.25) is 0 Å². The smallest absolute Gasteiger partial charge is 0.123 e. The summed E-state index contributed by atoms with van der Waals surface area (Å²) in [6, 6.07) is 13.3. The molecule has 0 aliphatic heterocycles. The van der Waals surface area contributed by atoms with Crippen LogP contribution in [-0.4, -0.2) is 7.11 Å². The molecule has 0 amide bonds. The molecule has 102 valence electrons. The number of nitrogens with one attached hydrogen (secondary N) is 1. The molecule has 2 rings (SSSR count). The van der Waals surface area contributed by atoms with Gasteiger partial charge in [0.2, 0.25) is 0 Å². The van der Waals surface area contributed by atoms with Gasteiger partial charge in [-0.05, 0) is 42.8 Å². The first kappa shape index (κ1) is 14.2. The van der Waals surface area contributed by atoms with Crippen LogP contribution >= 0.6 is 11.6 Å². The van der Waals surface area contributed by atoms with Crippen LogP contribution in [0.4, 0.5) is 5.69 Å². The van der Waals surface area contributed by atoms with E-state index in [1.165, 1.54) is 0 Å². The van der Waals surface area contributed by atoms with Gasteiger partial charge in [-0.25, -0.2) is 0 Å². The summed E-state index contributed by atoms with van der Waals surface area (Å²) in [4.78, 5) is 0. The van der Waals surface area contributed by atoms with Crippen LogP contribution in [0.3, 0.4) is 0 Å². The number of rotatable bonds is 4. The summed E-state index contributed by atoms with van der Waals surface area (Å²) in [7, 11) is 1.62. The summed E-state index contributed by atoms with van der Waals surface area (Å²) in [5, 5.41) is 13.0. The van der Waals surface area contributed by atoms with Gasteiger partial charge in [0.05, 0.1) is 18.7 Å². The zero-order chi connectivity index (χ0) is 14.5. The summed E-state index contributed by atoms with van der Waals surface area (Å²) in [5.41, 5.74) is 3.53. The van der Waals surface area contributed by atoms with Gasteiger partial charge in [-0.15, -0.1) is 0 Å². The van der Waals surface area contributed by atoms with Gasteiger partial charge in [0.25, 0.3) is 0 Å². The molecular weight excluding hydrogens is 272 g/mol. The second-order valence-electron chi connectivity index (χ2n) is 4.46. The quantitative estimate of drug-likeness (QED) is 0.919. The molecule has 0 atom stereocenters. The molecule has 1 N–H and O–H groups in total. The van der Waals surface area contributed by atoms with Crippen LogP contribution in [0, 0.1) is 18.3 Å². The van der Waals surface area contributed by atoms with Crippen molar-refractivity contribution in [3.63, 3.8) is 0 Å². The van der Waals surface area contributed by atoms with Crippen molar-refractivity contribution in [3.05, 3.63) is 58.1 Å². The molecule has 3 nitrogen and oxygen atoms in total. The van der Waals surface area contributed by atoms with Crippen LogP contribution in [0.15, 0.2) is 36.4 Å². The van der Waals surface area contributed by atoms with E-state index in [0.717, 1.165) is 27.6 Å². The van der Waals surface area contributed by atoms with E-state index in [1.54, 1.807) is 19.2 Å². The second kappa shape index (κ2) is 6.31. The van der Waals surface area contributed by atoms with Gasteiger partial charge in [0.15, 0.2) is 0 Å². The zero-order valence-corrected chi connectivity index (χ0v) is 12.2. The molecule has 0 heterocycles. The number of methoxy groups -OCH3 is 1. The number of aryl methyl sites for hydroxylation is 1. The van der Waals surface area contributed by atoms with Crippen molar-refractivity contribution in [3.8, 4) is 11.8 Å². The van der Waals surface area contributed by atoms with Crippen molar-refractivity contribution in [1.82, 2.24) is 0 Å². The summed E-state index contributed by atoms with van der Waals surface area (Å²) in [5.74, 6) is 0.759. The predicted octanol–water partition coefficient (Wildman–Crippen LogP) is 4.14. The Labute approximate surface area is 123 Å². The van der Waals surface area contributed by atoms with Gasteiger partial charge in [0.1, 0.15) is 5.75 Å². The number of anilines is 1. The lowest BCUT2D eigenvalue weighted by Gasteiger charge is -2.11. The molecule has 0 spiro atoms. The Morgan fingerprint density at radius 1 is 1.25 bits per heavy atom. The molecule has 0 fully saturated rings. The first-order valence-corrected chi connectivity index (χ1v) is 6.59. The van der Waals surface area contributed by atoms with Crippen LogP contribution in [0.2, 0.25) is 5.02 Å². The second-order valence-corrected chi connectivity index (χ2v) is 4.86. The number of nitriles is 1. The van der Waals surface area contributed by atoms with Crippen molar-refractivity contribution in [2.45, 2.75) is 13.5 Å². The number of hydrogen-bond acceptors (Lipinski definition) is 3. The third-order valence-corrected chi connectivity index (χ3v) is 3.47. The maximum atomic E-state index is 8.95. The molecule has 0 saturated carbocycles. The highest BCUT2D eigenvalue weighted by atomic mass is 35.5. The molecule has 0 radical (unpaired) electrons. The lowest BCUT2D eigenvalue weighted by Crippen LogP contribution is -2.02. The fourth-order valence-electron chi connectivity index (χ4n) is 1.89. The average Bonchev–Trinajstić information content (AvgIpc) is 2.48. The largest absolute Gasteiger partial charge is 0.496 e. The lowest BCUT2D eigenvalue weighted by atomic mass is 10.1. The Hall–Kier alpha value is -2.18. The maximum Gasteiger partial charge on any atom is 0.123 e. The summed E-state index contributed by atoms with van der Waals surface area (Å²) in [6.07, 6.45) is 0. The van der Waals surface area contributed by atoms with Gasteiger partial charge >= 0.3 is 0 Å². The minimum atomic E-state index is 0.568. The SMILES string of the molecule is COc1ccc(C#N)cc1CNc1ccc(C)c(Cl)c1. The van der Waals surface area contributed by atoms with E-state index in [9.17, 15) is 0 Å². The molecule has 2 aromatic carbocycles. The van der Waals surface area contributed by atoms with Gasteiger partial charge in [0, 0.05) is 22.8 Å². The highest BCUT2D eigenvalue weighted by Gasteiger charge is 2.05. The van der Waals surface area contributed by atoms with Crippen molar-refractivity contribution < 1.29 is 4.74 Å². The molecular formula is C16H15ClN2O. The first-order chi connectivity index (χ1) is 9.63.